The van der Waals surface area contributed by atoms with Crippen molar-refractivity contribution in [3.05, 3.63) is 18.2 Å². The number of hydrogen-bond acceptors (Lipinski definition) is 6. The normalized spacial score (nSPS) is 17.8. The van der Waals surface area contributed by atoms with Gasteiger partial charge in [0.25, 0.3) is 5.91 Å². The Kier molecular flexibility index (Phi) is 7.09. The van der Waals surface area contributed by atoms with Crippen molar-refractivity contribution in [2.75, 3.05) is 36.4 Å². The maximum absolute atomic E-state index is 13.1. The van der Waals surface area contributed by atoms with Gasteiger partial charge in [-0.25, -0.2) is 13.8 Å². The molecule has 0 spiro atoms. The van der Waals surface area contributed by atoms with Gasteiger partial charge in [-0.2, -0.15) is 9.41 Å². The molecule has 1 saturated heterocycles. The molecule has 1 fully saturated rings. The maximum atomic E-state index is 13.1. The third-order valence-electron chi connectivity index (χ3n) is 5.44. The summed E-state index contributed by atoms with van der Waals surface area (Å²) >= 11 is 0. The number of anilines is 2. The molecule has 2 heterocycles. The van der Waals surface area contributed by atoms with E-state index in [-0.39, 0.29) is 29.4 Å². The molecule has 2 aliphatic rings. The number of amides is 2. The van der Waals surface area contributed by atoms with Crippen LogP contribution in [0.15, 0.2) is 28.2 Å². The second-order valence-corrected chi connectivity index (χ2v) is 9.30. The predicted molar refractivity (Wildman–Crippen MR) is 116 cm³/mol. The summed E-state index contributed by atoms with van der Waals surface area (Å²) in [5, 5.41) is 6.64. The number of benzene rings is 1. The van der Waals surface area contributed by atoms with Gasteiger partial charge in [-0.05, 0) is 44.9 Å². The largest absolute Gasteiger partial charge is 0.370 e. The van der Waals surface area contributed by atoms with Crippen LogP contribution in [0, 0.1) is 0 Å². The molecule has 0 aromatic heterocycles. The third kappa shape index (κ3) is 4.81. The molecule has 0 saturated carbocycles. The van der Waals surface area contributed by atoms with E-state index in [1.807, 2.05) is 18.7 Å². The highest BCUT2D eigenvalue weighted by molar-refractivity contribution is 7.89. The molecule has 10 heteroatoms. The number of carbonyl (C=O) groups is 2. The number of hydrogen-bond donors (Lipinski definition) is 2. The van der Waals surface area contributed by atoms with E-state index < -0.39 is 15.9 Å². The smallest absolute Gasteiger partial charge is 0.271 e. The van der Waals surface area contributed by atoms with Crippen LogP contribution in [0.5, 0.6) is 0 Å². The molecule has 0 aliphatic carbocycles. The van der Waals surface area contributed by atoms with Crippen LogP contribution in [0.25, 0.3) is 0 Å². The summed E-state index contributed by atoms with van der Waals surface area (Å²) in [4.78, 5) is 26.2. The van der Waals surface area contributed by atoms with Crippen LogP contribution >= 0.6 is 0 Å². The van der Waals surface area contributed by atoms with Gasteiger partial charge in [0.1, 0.15) is 5.71 Å². The second-order valence-electron chi connectivity index (χ2n) is 7.36. The number of hydrazone groups is 1. The summed E-state index contributed by atoms with van der Waals surface area (Å²) in [5.41, 5.74) is 3.68. The Morgan fingerprint density at radius 2 is 1.87 bits per heavy atom. The molecular weight excluding hydrogens is 406 g/mol. The molecule has 1 aromatic rings. The first-order valence-electron chi connectivity index (χ1n) is 10.4. The van der Waals surface area contributed by atoms with Gasteiger partial charge in [0.2, 0.25) is 15.9 Å². The zero-order valence-electron chi connectivity index (χ0n) is 17.5. The quantitative estimate of drug-likeness (QED) is 0.680. The van der Waals surface area contributed by atoms with E-state index >= 15 is 0 Å². The molecule has 1 aromatic carbocycles. The van der Waals surface area contributed by atoms with Gasteiger partial charge in [-0.15, -0.1) is 0 Å². The average molecular weight is 436 g/mol. The fourth-order valence-electron chi connectivity index (χ4n) is 3.70. The van der Waals surface area contributed by atoms with Crippen molar-refractivity contribution in [3.63, 3.8) is 0 Å². The van der Waals surface area contributed by atoms with Crippen LogP contribution in [-0.2, 0) is 19.6 Å². The molecule has 3 rings (SSSR count). The fraction of sp³-hybridized carbons (Fsp3) is 0.550. The van der Waals surface area contributed by atoms with Crippen LogP contribution in [0.3, 0.4) is 0 Å². The average Bonchev–Trinajstić information content (AvgIpc) is 2.76. The highest BCUT2D eigenvalue weighted by Gasteiger charge is 2.28. The second kappa shape index (κ2) is 9.57. The minimum absolute atomic E-state index is 0.162. The van der Waals surface area contributed by atoms with Gasteiger partial charge in [0, 0.05) is 39.0 Å². The molecule has 164 valence electrons. The SMILES string of the molecule is CCN(CC)c1ccc(S(=O)(=O)N2CCCCC2)cc1NC(=O)C1=NNC(=O)CC1. The Labute approximate surface area is 177 Å². The van der Waals surface area contributed by atoms with E-state index in [2.05, 4.69) is 15.8 Å². The first kappa shape index (κ1) is 22.2. The molecule has 2 N–H and O–H groups in total. The summed E-state index contributed by atoms with van der Waals surface area (Å²) in [6.07, 6.45) is 3.17. The Balaban J connectivity index is 1.94. The lowest BCUT2D eigenvalue weighted by Gasteiger charge is -2.28. The van der Waals surface area contributed by atoms with Crippen LogP contribution in [0.2, 0.25) is 0 Å². The number of sulfonamides is 1. The van der Waals surface area contributed by atoms with E-state index in [1.54, 1.807) is 12.1 Å². The lowest BCUT2D eigenvalue weighted by atomic mass is 10.1. The topological polar surface area (TPSA) is 111 Å². The number of carbonyl (C=O) groups excluding carboxylic acids is 2. The summed E-state index contributed by atoms with van der Waals surface area (Å²) in [7, 11) is -3.63. The van der Waals surface area contributed by atoms with Gasteiger partial charge in [-0.1, -0.05) is 6.42 Å². The molecule has 30 heavy (non-hydrogen) atoms. The Morgan fingerprint density at radius 3 is 2.47 bits per heavy atom. The van der Waals surface area contributed by atoms with Crippen molar-refractivity contribution >= 4 is 38.9 Å². The summed E-state index contributed by atoms with van der Waals surface area (Å²) < 4.78 is 27.7. The van der Waals surface area contributed by atoms with Crippen LogP contribution in [-0.4, -0.2) is 56.4 Å². The molecule has 0 bridgehead atoms. The van der Waals surface area contributed by atoms with E-state index in [0.29, 0.717) is 31.9 Å². The van der Waals surface area contributed by atoms with Crippen molar-refractivity contribution in [3.8, 4) is 0 Å². The highest BCUT2D eigenvalue weighted by Crippen LogP contribution is 2.31. The highest BCUT2D eigenvalue weighted by atomic mass is 32.2. The first-order valence-corrected chi connectivity index (χ1v) is 11.9. The molecule has 2 aliphatic heterocycles. The lowest BCUT2D eigenvalue weighted by Crippen LogP contribution is -2.36. The zero-order valence-corrected chi connectivity index (χ0v) is 18.3. The van der Waals surface area contributed by atoms with E-state index in [4.69, 9.17) is 0 Å². The molecule has 0 radical (unpaired) electrons. The molecular formula is C20H29N5O4S. The van der Waals surface area contributed by atoms with Crippen molar-refractivity contribution < 1.29 is 18.0 Å². The third-order valence-corrected chi connectivity index (χ3v) is 7.33. The Morgan fingerprint density at radius 1 is 1.17 bits per heavy atom. The first-order chi connectivity index (χ1) is 14.4. The molecule has 0 unspecified atom stereocenters. The van der Waals surface area contributed by atoms with Crippen LogP contribution < -0.4 is 15.6 Å². The van der Waals surface area contributed by atoms with E-state index in [1.165, 1.54) is 10.4 Å². The minimum Gasteiger partial charge on any atom is -0.370 e. The minimum atomic E-state index is -3.63. The van der Waals surface area contributed by atoms with Crippen molar-refractivity contribution in [1.29, 1.82) is 0 Å². The standard InChI is InChI=1S/C20H29N5O4S/c1-3-24(4-2)18-10-8-15(30(28,29)25-12-6-5-7-13-25)14-17(18)21-20(27)16-9-11-19(26)23-22-16/h8,10,14H,3-7,9,11-13H2,1-2H3,(H,21,27)(H,23,26). The van der Waals surface area contributed by atoms with Crippen LogP contribution in [0.1, 0.15) is 46.0 Å². The molecule has 9 nitrogen and oxygen atoms in total. The molecule has 0 atom stereocenters. The van der Waals surface area contributed by atoms with Gasteiger partial charge < -0.3 is 10.2 Å². The lowest BCUT2D eigenvalue weighted by molar-refractivity contribution is -0.121. The number of nitrogens with one attached hydrogen (secondary N) is 2. The van der Waals surface area contributed by atoms with Crippen molar-refractivity contribution in [2.45, 2.75) is 50.8 Å². The summed E-state index contributed by atoms with van der Waals surface area (Å²) in [5.74, 6) is -0.680. The number of nitrogens with zero attached hydrogens (tertiary/aromatic N) is 3. The Bertz CT molecular complexity index is 935. The number of rotatable bonds is 7. The van der Waals surface area contributed by atoms with Crippen molar-refractivity contribution in [2.24, 2.45) is 5.10 Å². The van der Waals surface area contributed by atoms with Crippen LogP contribution in [0.4, 0.5) is 11.4 Å². The monoisotopic (exact) mass is 435 g/mol. The summed E-state index contributed by atoms with van der Waals surface area (Å²) in [6, 6.07) is 4.87. The predicted octanol–water partition coefficient (Wildman–Crippen LogP) is 1.91. The Hall–Kier alpha value is -2.46. The molecule has 2 amide bonds. The van der Waals surface area contributed by atoms with Gasteiger partial charge >= 0.3 is 0 Å². The zero-order chi connectivity index (χ0) is 21.7. The van der Waals surface area contributed by atoms with Gasteiger partial charge in [0.15, 0.2) is 0 Å². The number of piperidine rings is 1. The summed E-state index contributed by atoms with van der Waals surface area (Å²) in [6.45, 7) is 6.42. The van der Waals surface area contributed by atoms with Gasteiger partial charge in [-0.3, -0.25) is 9.59 Å². The van der Waals surface area contributed by atoms with Gasteiger partial charge in [0.05, 0.1) is 16.3 Å². The maximum Gasteiger partial charge on any atom is 0.271 e. The van der Waals surface area contributed by atoms with E-state index in [0.717, 1.165) is 24.9 Å². The fourth-order valence-corrected chi connectivity index (χ4v) is 5.25. The van der Waals surface area contributed by atoms with E-state index in [9.17, 15) is 18.0 Å². The van der Waals surface area contributed by atoms with Crippen molar-refractivity contribution in [1.82, 2.24) is 9.73 Å².